The summed E-state index contributed by atoms with van der Waals surface area (Å²) < 4.78 is 15.5. The van der Waals surface area contributed by atoms with E-state index in [1.54, 1.807) is 12.1 Å². The van der Waals surface area contributed by atoms with E-state index in [1.165, 1.54) is 24.1 Å². The molecule has 122 valence electrons. The number of anilines is 2. The van der Waals surface area contributed by atoms with Crippen molar-refractivity contribution in [3.8, 4) is 11.3 Å². The van der Waals surface area contributed by atoms with Crippen LogP contribution in [0.2, 0.25) is 0 Å². The Morgan fingerprint density at radius 2 is 1.75 bits per heavy atom. The minimum absolute atomic E-state index is 0.226. The summed E-state index contributed by atoms with van der Waals surface area (Å²) in [7, 11) is 0. The maximum absolute atomic E-state index is 13.3. The fourth-order valence-electron chi connectivity index (χ4n) is 3.19. The highest BCUT2D eigenvalue weighted by Gasteiger charge is 2.21. The molecule has 4 rings (SSSR count). The first-order chi connectivity index (χ1) is 11.7. The summed E-state index contributed by atoms with van der Waals surface area (Å²) in [6.07, 6.45) is 3.32. The molecule has 0 atom stereocenters. The van der Waals surface area contributed by atoms with Crippen molar-refractivity contribution in [3.05, 3.63) is 65.7 Å². The van der Waals surface area contributed by atoms with Gasteiger partial charge in [0, 0.05) is 24.2 Å². The van der Waals surface area contributed by atoms with Gasteiger partial charge in [-0.15, -0.1) is 0 Å². The van der Waals surface area contributed by atoms with Crippen LogP contribution in [0, 0.1) is 12.7 Å². The van der Waals surface area contributed by atoms with E-state index in [0.29, 0.717) is 0 Å². The molecule has 0 unspecified atom stereocenters. The van der Waals surface area contributed by atoms with Gasteiger partial charge in [0.15, 0.2) is 0 Å². The van der Waals surface area contributed by atoms with Crippen LogP contribution in [0.4, 0.5) is 15.9 Å². The molecule has 2 heterocycles. The van der Waals surface area contributed by atoms with Crippen molar-refractivity contribution in [2.24, 2.45) is 0 Å². The second-order valence-electron chi connectivity index (χ2n) is 6.33. The number of nitrogens with zero attached hydrogens (tertiary/aromatic N) is 2. The van der Waals surface area contributed by atoms with Gasteiger partial charge in [0.25, 0.3) is 0 Å². The van der Waals surface area contributed by atoms with Crippen molar-refractivity contribution in [3.63, 3.8) is 0 Å². The number of fused-ring (bicyclic) bond motifs is 1. The summed E-state index contributed by atoms with van der Waals surface area (Å²) >= 11 is 0. The molecule has 0 aliphatic carbocycles. The van der Waals surface area contributed by atoms with Crippen LogP contribution < -0.4 is 5.32 Å². The Bertz CT molecular complexity index is 848. The van der Waals surface area contributed by atoms with Gasteiger partial charge < -0.3 is 9.88 Å². The summed E-state index contributed by atoms with van der Waals surface area (Å²) in [5.74, 6) is 1.88. The summed E-state index contributed by atoms with van der Waals surface area (Å²) in [5, 5.41) is 3.53. The molecule has 0 bridgehead atoms. The van der Waals surface area contributed by atoms with Crippen LogP contribution in [0.5, 0.6) is 0 Å². The largest absolute Gasteiger partial charge is 0.340 e. The predicted octanol–water partition coefficient (Wildman–Crippen LogP) is 5.08. The Labute approximate surface area is 141 Å². The quantitative estimate of drug-likeness (QED) is 0.729. The molecule has 4 heteroatoms. The second-order valence-corrected chi connectivity index (χ2v) is 6.33. The van der Waals surface area contributed by atoms with Gasteiger partial charge in [-0.1, -0.05) is 17.7 Å². The zero-order valence-corrected chi connectivity index (χ0v) is 13.7. The molecule has 3 nitrogen and oxygen atoms in total. The number of aryl methyl sites for hydroxylation is 2. The predicted molar refractivity (Wildman–Crippen MR) is 95.0 cm³/mol. The summed E-state index contributed by atoms with van der Waals surface area (Å²) in [5.41, 5.74) is 4.10. The summed E-state index contributed by atoms with van der Waals surface area (Å²) in [6, 6.07) is 14.9. The van der Waals surface area contributed by atoms with Gasteiger partial charge in [-0.25, -0.2) is 9.37 Å². The monoisotopic (exact) mass is 321 g/mol. The molecule has 2 aromatic carbocycles. The lowest BCUT2D eigenvalue weighted by Gasteiger charge is -2.17. The molecule has 0 spiro atoms. The van der Waals surface area contributed by atoms with Gasteiger partial charge in [-0.3, -0.25) is 0 Å². The van der Waals surface area contributed by atoms with Crippen molar-refractivity contribution >= 4 is 11.5 Å². The van der Waals surface area contributed by atoms with Gasteiger partial charge in [0.05, 0.1) is 0 Å². The SMILES string of the molecule is Cc1ccc(Nc2c(-c3ccc(F)cc3)nc3n2CCCC3)cc1. The number of halogens is 1. The number of hydrogen-bond donors (Lipinski definition) is 1. The van der Waals surface area contributed by atoms with Crippen LogP contribution in [0.15, 0.2) is 48.5 Å². The highest BCUT2D eigenvalue weighted by atomic mass is 19.1. The van der Waals surface area contributed by atoms with Gasteiger partial charge in [0.2, 0.25) is 0 Å². The molecular weight excluding hydrogens is 301 g/mol. The Hall–Kier alpha value is -2.62. The van der Waals surface area contributed by atoms with Crippen molar-refractivity contribution in [2.75, 3.05) is 5.32 Å². The number of rotatable bonds is 3. The average molecular weight is 321 g/mol. The van der Waals surface area contributed by atoms with Gasteiger partial charge in [0.1, 0.15) is 23.2 Å². The van der Waals surface area contributed by atoms with E-state index in [4.69, 9.17) is 4.98 Å². The van der Waals surface area contributed by atoms with Crippen LogP contribution in [0.3, 0.4) is 0 Å². The topological polar surface area (TPSA) is 29.9 Å². The smallest absolute Gasteiger partial charge is 0.138 e. The highest BCUT2D eigenvalue weighted by Crippen LogP contribution is 2.33. The molecule has 1 aromatic heterocycles. The minimum atomic E-state index is -0.226. The lowest BCUT2D eigenvalue weighted by atomic mass is 10.1. The van der Waals surface area contributed by atoms with Crippen molar-refractivity contribution in [1.29, 1.82) is 0 Å². The fourth-order valence-corrected chi connectivity index (χ4v) is 3.19. The summed E-state index contributed by atoms with van der Waals surface area (Å²) in [4.78, 5) is 4.84. The molecular formula is C20H20FN3. The van der Waals surface area contributed by atoms with Crippen LogP contribution in [0.25, 0.3) is 11.3 Å². The molecule has 0 saturated heterocycles. The maximum Gasteiger partial charge on any atom is 0.138 e. The number of imidazole rings is 1. The first-order valence-corrected chi connectivity index (χ1v) is 8.40. The van der Waals surface area contributed by atoms with E-state index >= 15 is 0 Å². The zero-order chi connectivity index (χ0) is 16.5. The molecule has 1 aliphatic rings. The van der Waals surface area contributed by atoms with Crippen LogP contribution >= 0.6 is 0 Å². The molecule has 0 fully saturated rings. The second kappa shape index (κ2) is 6.11. The summed E-state index contributed by atoms with van der Waals surface area (Å²) in [6.45, 7) is 3.05. The molecule has 0 amide bonds. The fraction of sp³-hybridized carbons (Fsp3) is 0.250. The molecule has 3 aromatic rings. The van der Waals surface area contributed by atoms with Crippen molar-refractivity contribution in [1.82, 2.24) is 9.55 Å². The third kappa shape index (κ3) is 2.80. The first-order valence-electron chi connectivity index (χ1n) is 8.40. The molecule has 0 saturated carbocycles. The zero-order valence-electron chi connectivity index (χ0n) is 13.7. The normalized spacial score (nSPS) is 13.6. The van der Waals surface area contributed by atoms with Crippen LogP contribution in [-0.2, 0) is 13.0 Å². The molecule has 1 aliphatic heterocycles. The Kier molecular flexibility index (Phi) is 3.81. The van der Waals surface area contributed by atoms with E-state index in [2.05, 4.69) is 41.1 Å². The van der Waals surface area contributed by atoms with E-state index in [9.17, 15) is 4.39 Å². The van der Waals surface area contributed by atoms with E-state index in [1.807, 2.05) is 0 Å². The van der Waals surface area contributed by atoms with Crippen LogP contribution in [0.1, 0.15) is 24.2 Å². The Balaban J connectivity index is 1.79. The van der Waals surface area contributed by atoms with Crippen molar-refractivity contribution < 1.29 is 4.39 Å². The van der Waals surface area contributed by atoms with Gasteiger partial charge in [-0.2, -0.15) is 0 Å². The molecule has 1 N–H and O–H groups in total. The third-order valence-corrected chi connectivity index (χ3v) is 4.51. The minimum Gasteiger partial charge on any atom is -0.340 e. The van der Waals surface area contributed by atoms with Crippen LogP contribution in [-0.4, -0.2) is 9.55 Å². The average Bonchev–Trinajstić information content (AvgIpc) is 2.96. The Morgan fingerprint density at radius 1 is 1.00 bits per heavy atom. The maximum atomic E-state index is 13.3. The number of benzene rings is 2. The lowest BCUT2D eigenvalue weighted by molar-refractivity contribution is 0.526. The van der Waals surface area contributed by atoms with Gasteiger partial charge >= 0.3 is 0 Å². The van der Waals surface area contributed by atoms with E-state index in [-0.39, 0.29) is 5.82 Å². The van der Waals surface area contributed by atoms with Crippen molar-refractivity contribution in [2.45, 2.75) is 32.7 Å². The number of hydrogen-bond acceptors (Lipinski definition) is 2. The highest BCUT2D eigenvalue weighted by molar-refractivity contribution is 5.76. The molecule has 0 radical (unpaired) electrons. The number of aromatic nitrogens is 2. The molecule has 24 heavy (non-hydrogen) atoms. The Morgan fingerprint density at radius 3 is 2.50 bits per heavy atom. The third-order valence-electron chi connectivity index (χ3n) is 4.51. The number of nitrogens with one attached hydrogen (secondary N) is 1. The van der Waals surface area contributed by atoms with E-state index in [0.717, 1.165) is 48.0 Å². The van der Waals surface area contributed by atoms with Gasteiger partial charge in [-0.05, 0) is 56.2 Å². The van der Waals surface area contributed by atoms with E-state index < -0.39 is 0 Å². The standard InChI is InChI=1S/C20H20FN3/c1-14-5-11-17(12-6-14)22-20-19(15-7-9-16(21)10-8-15)23-18-4-2-3-13-24(18)20/h5-12,22H,2-4,13H2,1H3. The first kappa shape index (κ1) is 14.9. The lowest BCUT2D eigenvalue weighted by Crippen LogP contribution is -2.12.